The van der Waals surface area contributed by atoms with Crippen molar-refractivity contribution in [2.45, 2.75) is 6.92 Å². The maximum absolute atomic E-state index is 16.2. The van der Waals surface area contributed by atoms with E-state index in [4.69, 9.17) is 0 Å². The first-order valence-electron chi connectivity index (χ1n) is 14.3. The Morgan fingerprint density at radius 1 is 0.667 bits per heavy atom. The molecule has 0 bridgehead atoms. The zero-order chi connectivity index (χ0) is 28.4. The molecule has 0 radical (unpaired) electrons. The molecule has 1 unspecified atom stereocenters. The number of hydrogen-bond donors (Lipinski definition) is 0. The molecule has 0 saturated carbocycles. The van der Waals surface area contributed by atoms with Crippen molar-refractivity contribution in [3.63, 3.8) is 0 Å². The van der Waals surface area contributed by atoms with Gasteiger partial charge in [-0.2, -0.15) is 0 Å². The van der Waals surface area contributed by atoms with E-state index in [9.17, 15) is 0 Å². The van der Waals surface area contributed by atoms with E-state index in [1.807, 2.05) is 55.5 Å². The maximum Gasteiger partial charge on any atom is 0.174 e. The number of allylic oxidation sites excluding steroid dienone is 1. The smallest absolute Gasteiger partial charge is 0.174 e. The van der Waals surface area contributed by atoms with Gasteiger partial charge in [-0.25, -0.2) is 0 Å². The average Bonchev–Trinajstić information content (AvgIpc) is 3.50. The normalized spacial score (nSPS) is 15.9. The molecular weight excluding hydrogens is 529 g/mol. The SMILES string of the molecule is C=Cc1c(/C=C\C)n(-c2ccc3ccccc3c2)c2c3c(ccc12)-c1ccc2ccccc2c1P3(=O)c1ccccc1. The molecule has 1 aliphatic rings. The quantitative estimate of drug-likeness (QED) is 0.198. The molecule has 1 aromatic heterocycles. The second-order valence-electron chi connectivity index (χ2n) is 10.9. The van der Waals surface area contributed by atoms with Crippen LogP contribution in [-0.4, -0.2) is 4.57 Å². The van der Waals surface area contributed by atoms with Crippen LogP contribution in [0.3, 0.4) is 0 Å². The molecule has 200 valence electrons. The van der Waals surface area contributed by atoms with Gasteiger partial charge in [-0.05, 0) is 57.8 Å². The predicted molar refractivity (Wildman–Crippen MR) is 181 cm³/mol. The molecule has 0 N–H and O–H groups in total. The molecule has 3 heteroatoms. The third-order valence-corrected chi connectivity index (χ3v) is 11.9. The molecule has 0 fully saturated rings. The summed E-state index contributed by atoms with van der Waals surface area (Å²) in [5.41, 5.74) is 6.19. The van der Waals surface area contributed by atoms with Crippen LogP contribution in [0.5, 0.6) is 0 Å². The van der Waals surface area contributed by atoms with Gasteiger partial charge in [0.15, 0.2) is 7.14 Å². The Morgan fingerprint density at radius 3 is 2.12 bits per heavy atom. The third kappa shape index (κ3) is 3.30. The molecule has 8 rings (SSSR count). The summed E-state index contributed by atoms with van der Waals surface area (Å²) in [6, 6.07) is 42.1. The Labute approximate surface area is 245 Å². The van der Waals surface area contributed by atoms with E-state index in [0.717, 1.165) is 71.0 Å². The Hall–Kier alpha value is -4.91. The standard InChI is InChI=1S/C39H28NOP/c1-3-12-36-31(4-2)33-23-24-35-34-22-20-27-14-10-11-18-32(27)38(34)42(41,30-16-6-5-7-17-30)39(35)37(33)40(36)29-21-19-26-13-8-9-15-28(26)25-29/h3-25H,2H2,1H3/b12-3-. The van der Waals surface area contributed by atoms with Crippen LogP contribution in [0.25, 0.3) is 61.4 Å². The fourth-order valence-corrected chi connectivity index (χ4v) is 10.3. The fourth-order valence-electron chi connectivity index (χ4n) is 6.88. The van der Waals surface area contributed by atoms with Gasteiger partial charge in [-0.3, -0.25) is 0 Å². The van der Waals surface area contributed by atoms with E-state index in [1.165, 1.54) is 5.39 Å². The Bertz CT molecular complexity index is 2310. The first-order chi connectivity index (χ1) is 20.6. The van der Waals surface area contributed by atoms with Gasteiger partial charge in [0.05, 0.1) is 16.5 Å². The molecule has 0 amide bonds. The molecule has 0 aliphatic carbocycles. The number of hydrogen-bond acceptors (Lipinski definition) is 1. The van der Waals surface area contributed by atoms with Gasteiger partial charge >= 0.3 is 0 Å². The summed E-state index contributed by atoms with van der Waals surface area (Å²) in [5.74, 6) is 0. The van der Waals surface area contributed by atoms with Crippen molar-refractivity contribution in [2.24, 2.45) is 0 Å². The molecular formula is C39H28NOP. The summed E-state index contributed by atoms with van der Waals surface area (Å²) in [5, 5.41) is 8.25. The predicted octanol–water partition coefficient (Wildman–Crippen LogP) is 9.23. The molecule has 0 spiro atoms. The molecule has 7 aromatic rings. The molecule has 1 atom stereocenters. The highest BCUT2D eigenvalue weighted by atomic mass is 31.2. The van der Waals surface area contributed by atoms with Gasteiger partial charge in [0.2, 0.25) is 0 Å². The molecule has 2 nitrogen and oxygen atoms in total. The summed E-state index contributed by atoms with van der Waals surface area (Å²) in [6.07, 6.45) is 6.15. The van der Waals surface area contributed by atoms with Crippen molar-refractivity contribution in [3.8, 4) is 16.8 Å². The largest absolute Gasteiger partial charge is 0.308 e. The van der Waals surface area contributed by atoms with Crippen LogP contribution in [0, 0.1) is 0 Å². The van der Waals surface area contributed by atoms with E-state index in [1.54, 1.807) is 0 Å². The van der Waals surface area contributed by atoms with Gasteiger partial charge in [-0.1, -0.05) is 128 Å². The zero-order valence-corrected chi connectivity index (χ0v) is 24.2. The summed E-state index contributed by atoms with van der Waals surface area (Å²) >= 11 is 0. The number of rotatable bonds is 4. The van der Waals surface area contributed by atoms with Crippen molar-refractivity contribution in [1.29, 1.82) is 0 Å². The lowest BCUT2D eigenvalue weighted by atomic mass is 9.99. The van der Waals surface area contributed by atoms with Gasteiger partial charge in [0, 0.05) is 27.2 Å². The van der Waals surface area contributed by atoms with E-state index in [0.29, 0.717) is 0 Å². The van der Waals surface area contributed by atoms with Crippen LogP contribution < -0.4 is 15.9 Å². The lowest BCUT2D eigenvalue weighted by Gasteiger charge is -2.20. The molecule has 0 saturated heterocycles. The van der Waals surface area contributed by atoms with Crippen LogP contribution in [0.1, 0.15) is 18.2 Å². The topological polar surface area (TPSA) is 22.0 Å². The average molecular weight is 558 g/mol. The monoisotopic (exact) mass is 557 g/mol. The minimum absolute atomic E-state index is 0.854. The van der Waals surface area contributed by atoms with Crippen LogP contribution in [0.15, 0.2) is 134 Å². The summed E-state index contributed by atoms with van der Waals surface area (Å²) in [4.78, 5) is 0. The number of aromatic nitrogens is 1. The van der Waals surface area contributed by atoms with Crippen LogP contribution in [-0.2, 0) is 4.57 Å². The molecule has 42 heavy (non-hydrogen) atoms. The minimum Gasteiger partial charge on any atom is -0.308 e. The molecule has 6 aromatic carbocycles. The van der Waals surface area contributed by atoms with E-state index >= 15 is 4.57 Å². The maximum atomic E-state index is 16.2. The van der Waals surface area contributed by atoms with Crippen molar-refractivity contribution >= 4 is 67.7 Å². The summed E-state index contributed by atoms with van der Waals surface area (Å²) < 4.78 is 18.5. The van der Waals surface area contributed by atoms with Crippen molar-refractivity contribution < 1.29 is 4.57 Å². The Morgan fingerprint density at radius 2 is 1.33 bits per heavy atom. The van der Waals surface area contributed by atoms with Gasteiger partial charge in [0.1, 0.15) is 0 Å². The van der Waals surface area contributed by atoms with Crippen molar-refractivity contribution in [2.75, 3.05) is 0 Å². The van der Waals surface area contributed by atoms with Gasteiger partial charge in [-0.15, -0.1) is 0 Å². The number of fused-ring (bicyclic) bond motifs is 8. The molecule has 1 aliphatic heterocycles. The summed E-state index contributed by atoms with van der Waals surface area (Å²) in [7, 11) is -3.30. The van der Waals surface area contributed by atoms with Crippen LogP contribution >= 0.6 is 7.14 Å². The lowest BCUT2D eigenvalue weighted by molar-refractivity contribution is 0.593. The van der Waals surface area contributed by atoms with Crippen LogP contribution in [0.2, 0.25) is 0 Å². The highest BCUT2D eigenvalue weighted by Gasteiger charge is 2.44. The second-order valence-corrected chi connectivity index (χ2v) is 13.5. The van der Waals surface area contributed by atoms with Crippen molar-refractivity contribution in [3.05, 3.63) is 145 Å². The Balaban J connectivity index is 1.60. The Kier molecular flexibility index (Phi) is 5.51. The first-order valence-corrected chi connectivity index (χ1v) is 16.0. The minimum atomic E-state index is -3.30. The van der Waals surface area contributed by atoms with Gasteiger partial charge < -0.3 is 9.13 Å². The first kappa shape index (κ1) is 24.9. The molecule has 2 heterocycles. The summed E-state index contributed by atoms with van der Waals surface area (Å²) in [6.45, 7) is 6.27. The zero-order valence-electron chi connectivity index (χ0n) is 23.3. The lowest BCUT2D eigenvalue weighted by Crippen LogP contribution is -2.23. The van der Waals surface area contributed by atoms with Crippen LogP contribution in [0.4, 0.5) is 0 Å². The van der Waals surface area contributed by atoms with E-state index in [-0.39, 0.29) is 0 Å². The van der Waals surface area contributed by atoms with E-state index < -0.39 is 7.14 Å². The third-order valence-electron chi connectivity index (χ3n) is 8.64. The highest BCUT2D eigenvalue weighted by molar-refractivity contribution is 7.87. The van der Waals surface area contributed by atoms with E-state index in [2.05, 4.69) is 102 Å². The number of nitrogens with zero attached hydrogens (tertiary/aromatic N) is 1. The van der Waals surface area contributed by atoms with Crippen molar-refractivity contribution in [1.82, 2.24) is 4.57 Å². The number of benzene rings is 6. The fraction of sp³-hybridized carbons (Fsp3) is 0.0256. The second kappa shape index (κ2) is 9.31. The van der Waals surface area contributed by atoms with Gasteiger partial charge in [0.25, 0.3) is 0 Å². The highest BCUT2D eigenvalue weighted by Crippen LogP contribution is 2.56.